The fraction of sp³-hybridized carbons (Fsp3) is 0.467. The fourth-order valence-corrected chi connectivity index (χ4v) is 3.51. The van der Waals surface area contributed by atoms with E-state index in [0.717, 1.165) is 10.0 Å². The van der Waals surface area contributed by atoms with Crippen molar-refractivity contribution in [3.05, 3.63) is 28.2 Å². The lowest BCUT2D eigenvalue weighted by atomic mass is 9.95. The largest absolute Gasteiger partial charge is 0.481 e. The molecule has 0 aliphatic heterocycles. The summed E-state index contributed by atoms with van der Waals surface area (Å²) in [5.74, 6) is -1.81. The first kappa shape index (κ1) is 15.0. The Morgan fingerprint density at radius 3 is 2.50 bits per heavy atom. The van der Waals surface area contributed by atoms with Crippen LogP contribution in [0.4, 0.5) is 5.69 Å². The number of aliphatic carboxylic acids is 1. The number of nitrogens with one attached hydrogen (secondary N) is 1. The summed E-state index contributed by atoms with van der Waals surface area (Å²) >= 11 is 3.39. The molecule has 2 N–H and O–H groups in total. The Morgan fingerprint density at radius 2 is 1.90 bits per heavy atom. The standard InChI is InChI=1S/C15H18BrNO3/c1-8-3-10(16)7-11(4-8)17-14(18)12-5-9(2)6-13(12)15(19)20/h3-4,7,9,12-13H,5-6H2,1-2H3,(H,17,18)(H,19,20)/t9?,12-,13+/m0/s1. The molecule has 0 radical (unpaired) electrons. The lowest BCUT2D eigenvalue weighted by Crippen LogP contribution is -2.30. The molecular weight excluding hydrogens is 322 g/mol. The molecule has 108 valence electrons. The normalized spacial score (nSPS) is 25.4. The summed E-state index contributed by atoms with van der Waals surface area (Å²) in [5.41, 5.74) is 1.73. The van der Waals surface area contributed by atoms with Crippen molar-refractivity contribution in [2.75, 3.05) is 5.32 Å². The monoisotopic (exact) mass is 339 g/mol. The SMILES string of the molecule is Cc1cc(Br)cc(NC(=O)[C@H]2CC(C)C[C@H]2C(=O)O)c1. The van der Waals surface area contributed by atoms with E-state index in [4.69, 9.17) is 0 Å². The van der Waals surface area contributed by atoms with E-state index in [1.54, 1.807) is 0 Å². The predicted molar refractivity (Wildman–Crippen MR) is 80.5 cm³/mol. The minimum Gasteiger partial charge on any atom is -0.481 e. The average molecular weight is 340 g/mol. The number of hydrogen-bond acceptors (Lipinski definition) is 2. The van der Waals surface area contributed by atoms with E-state index >= 15 is 0 Å². The summed E-state index contributed by atoms with van der Waals surface area (Å²) in [6.07, 6.45) is 1.21. The van der Waals surface area contributed by atoms with Gasteiger partial charge >= 0.3 is 5.97 Å². The molecule has 1 amide bonds. The van der Waals surface area contributed by atoms with Crippen LogP contribution in [0, 0.1) is 24.7 Å². The Morgan fingerprint density at radius 1 is 1.25 bits per heavy atom. The Bertz CT molecular complexity index is 524. The highest BCUT2D eigenvalue weighted by molar-refractivity contribution is 9.10. The van der Waals surface area contributed by atoms with Crippen LogP contribution in [-0.2, 0) is 9.59 Å². The number of carboxylic acid groups (broad SMARTS) is 1. The molecule has 1 unspecified atom stereocenters. The highest BCUT2D eigenvalue weighted by Gasteiger charge is 2.41. The Balaban J connectivity index is 2.13. The zero-order valence-electron chi connectivity index (χ0n) is 11.5. The minimum atomic E-state index is -0.875. The maximum atomic E-state index is 12.3. The van der Waals surface area contributed by atoms with E-state index < -0.39 is 17.8 Å². The van der Waals surface area contributed by atoms with Crippen molar-refractivity contribution in [1.82, 2.24) is 0 Å². The number of carbonyl (C=O) groups is 2. The summed E-state index contributed by atoms with van der Waals surface area (Å²) in [6.45, 7) is 3.94. The number of halogens is 1. The molecule has 0 saturated heterocycles. The quantitative estimate of drug-likeness (QED) is 0.886. The van der Waals surface area contributed by atoms with Gasteiger partial charge in [0.25, 0.3) is 0 Å². The molecule has 1 aromatic carbocycles. The molecule has 1 fully saturated rings. The van der Waals surface area contributed by atoms with Crippen molar-refractivity contribution >= 4 is 33.5 Å². The molecule has 1 saturated carbocycles. The van der Waals surface area contributed by atoms with Crippen LogP contribution in [0.25, 0.3) is 0 Å². The van der Waals surface area contributed by atoms with Gasteiger partial charge in [-0.1, -0.05) is 22.9 Å². The van der Waals surface area contributed by atoms with Crippen LogP contribution in [0.3, 0.4) is 0 Å². The van der Waals surface area contributed by atoms with Gasteiger partial charge in [-0.2, -0.15) is 0 Å². The zero-order chi connectivity index (χ0) is 14.9. The number of carboxylic acids is 1. The average Bonchev–Trinajstić information content (AvgIpc) is 2.70. The van der Waals surface area contributed by atoms with Crippen molar-refractivity contribution in [2.24, 2.45) is 17.8 Å². The Kier molecular flexibility index (Phi) is 4.48. The van der Waals surface area contributed by atoms with Gasteiger partial charge in [-0.15, -0.1) is 0 Å². The van der Waals surface area contributed by atoms with E-state index in [9.17, 15) is 14.7 Å². The minimum absolute atomic E-state index is 0.195. The van der Waals surface area contributed by atoms with Crippen LogP contribution in [0.1, 0.15) is 25.3 Å². The molecule has 5 heteroatoms. The first-order valence-electron chi connectivity index (χ1n) is 6.67. The third-order valence-corrected chi connectivity index (χ3v) is 4.22. The molecule has 0 heterocycles. The smallest absolute Gasteiger partial charge is 0.307 e. The highest BCUT2D eigenvalue weighted by atomic mass is 79.9. The van der Waals surface area contributed by atoms with Crippen molar-refractivity contribution < 1.29 is 14.7 Å². The number of rotatable bonds is 3. The van der Waals surface area contributed by atoms with Crippen LogP contribution < -0.4 is 5.32 Å². The maximum Gasteiger partial charge on any atom is 0.307 e. The molecule has 2 rings (SSSR count). The predicted octanol–water partition coefficient (Wildman–Crippen LogP) is 3.44. The van der Waals surface area contributed by atoms with Crippen molar-refractivity contribution in [3.63, 3.8) is 0 Å². The van der Waals surface area contributed by atoms with Gasteiger partial charge in [-0.05, 0) is 49.4 Å². The van der Waals surface area contributed by atoms with E-state index in [1.165, 1.54) is 0 Å². The Labute approximate surface area is 126 Å². The van der Waals surface area contributed by atoms with Gasteiger partial charge in [0.2, 0.25) is 5.91 Å². The van der Waals surface area contributed by atoms with Gasteiger partial charge in [0, 0.05) is 10.2 Å². The second kappa shape index (κ2) is 5.95. The molecule has 1 aliphatic rings. The number of hydrogen-bond donors (Lipinski definition) is 2. The summed E-state index contributed by atoms with van der Waals surface area (Å²) in [6, 6.07) is 5.64. The number of amides is 1. The van der Waals surface area contributed by atoms with Gasteiger partial charge in [0.05, 0.1) is 11.8 Å². The van der Waals surface area contributed by atoms with Gasteiger partial charge in [-0.25, -0.2) is 0 Å². The summed E-state index contributed by atoms with van der Waals surface area (Å²) in [7, 11) is 0. The van der Waals surface area contributed by atoms with Gasteiger partial charge in [-0.3, -0.25) is 9.59 Å². The second-order valence-corrected chi connectivity index (χ2v) is 6.55. The molecule has 1 aliphatic carbocycles. The second-order valence-electron chi connectivity index (χ2n) is 5.63. The summed E-state index contributed by atoms with van der Waals surface area (Å²) < 4.78 is 0.891. The van der Waals surface area contributed by atoms with Crippen molar-refractivity contribution in [2.45, 2.75) is 26.7 Å². The maximum absolute atomic E-state index is 12.3. The van der Waals surface area contributed by atoms with Crippen LogP contribution in [-0.4, -0.2) is 17.0 Å². The van der Waals surface area contributed by atoms with Crippen molar-refractivity contribution in [3.8, 4) is 0 Å². The molecule has 0 aromatic heterocycles. The summed E-state index contributed by atoms with van der Waals surface area (Å²) in [5, 5.41) is 12.1. The van der Waals surface area contributed by atoms with E-state index in [2.05, 4.69) is 21.2 Å². The zero-order valence-corrected chi connectivity index (χ0v) is 13.1. The first-order valence-corrected chi connectivity index (χ1v) is 7.47. The fourth-order valence-electron chi connectivity index (χ4n) is 2.90. The highest BCUT2D eigenvalue weighted by Crippen LogP contribution is 2.37. The molecular formula is C15H18BrNO3. The third kappa shape index (κ3) is 3.39. The van der Waals surface area contributed by atoms with E-state index in [0.29, 0.717) is 18.5 Å². The molecule has 1 aromatic rings. The van der Waals surface area contributed by atoms with E-state index in [-0.39, 0.29) is 11.8 Å². The van der Waals surface area contributed by atoms with Crippen LogP contribution in [0.2, 0.25) is 0 Å². The summed E-state index contributed by atoms with van der Waals surface area (Å²) in [4.78, 5) is 23.5. The third-order valence-electron chi connectivity index (χ3n) is 3.76. The van der Waals surface area contributed by atoms with Crippen LogP contribution in [0.15, 0.2) is 22.7 Å². The number of aryl methyl sites for hydroxylation is 1. The molecule has 0 spiro atoms. The number of anilines is 1. The van der Waals surface area contributed by atoms with Gasteiger partial charge in [0.1, 0.15) is 0 Å². The molecule has 20 heavy (non-hydrogen) atoms. The molecule has 3 atom stereocenters. The van der Waals surface area contributed by atoms with Crippen LogP contribution in [0.5, 0.6) is 0 Å². The molecule has 4 nitrogen and oxygen atoms in total. The van der Waals surface area contributed by atoms with Crippen molar-refractivity contribution in [1.29, 1.82) is 0 Å². The van der Waals surface area contributed by atoms with E-state index in [1.807, 2.05) is 32.0 Å². The van der Waals surface area contributed by atoms with Gasteiger partial charge in [0.15, 0.2) is 0 Å². The Hall–Kier alpha value is -1.36. The lowest BCUT2D eigenvalue weighted by Gasteiger charge is -2.16. The number of carbonyl (C=O) groups excluding carboxylic acids is 1. The first-order chi connectivity index (χ1) is 9.36. The lowest BCUT2D eigenvalue weighted by molar-refractivity contribution is -0.145. The topological polar surface area (TPSA) is 66.4 Å². The van der Waals surface area contributed by atoms with Gasteiger partial charge < -0.3 is 10.4 Å². The molecule has 0 bridgehead atoms. The number of benzene rings is 1. The van der Waals surface area contributed by atoms with Crippen LogP contribution >= 0.6 is 15.9 Å².